The summed E-state index contributed by atoms with van der Waals surface area (Å²) < 4.78 is 43.5. The van der Waals surface area contributed by atoms with Crippen molar-refractivity contribution in [1.82, 2.24) is 14.8 Å². The minimum absolute atomic E-state index is 0.0432. The molecule has 2 saturated heterocycles. The fourth-order valence-electron chi connectivity index (χ4n) is 2.86. The van der Waals surface area contributed by atoms with Crippen molar-refractivity contribution < 1.29 is 22.7 Å². The van der Waals surface area contributed by atoms with E-state index in [9.17, 15) is 18.0 Å². The van der Waals surface area contributed by atoms with E-state index >= 15 is 0 Å². The maximum atomic E-state index is 12.9. The van der Waals surface area contributed by atoms with Crippen LogP contribution in [0.5, 0.6) is 0 Å². The van der Waals surface area contributed by atoms with Crippen LogP contribution >= 0.6 is 22.9 Å². The molecule has 2 aliphatic rings. The quantitative estimate of drug-likeness (QED) is 0.730. The molecular formula is C14H18ClF3N4O2S. The molecule has 140 valence electrons. The van der Waals surface area contributed by atoms with E-state index in [0.29, 0.717) is 58.9 Å². The molecule has 3 heterocycles. The van der Waals surface area contributed by atoms with Crippen LogP contribution in [0, 0.1) is 0 Å². The molecule has 0 N–H and O–H groups in total. The van der Waals surface area contributed by atoms with Crippen molar-refractivity contribution in [2.75, 3.05) is 57.4 Å². The topological polar surface area (TPSA) is 48.9 Å². The lowest BCUT2D eigenvalue weighted by molar-refractivity contribution is -0.140. The van der Waals surface area contributed by atoms with Gasteiger partial charge in [0.05, 0.1) is 13.2 Å². The van der Waals surface area contributed by atoms with Gasteiger partial charge in [0.1, 0.15) is 4.34 Å². The molecule has 0 unspecified atom stereocenters. The first kappa shape index (κ1) is 18.5. The van der Waals surface area contributed by atoms with Gasteiger partial charge in [0.15, 0.2) is 10.8 Å². The Balaban J connectivity index is 1.64. The molecule has 0 bridgehead atoms. The van der Waals surface area contributed by atoms with Crippen molar-refractivity contribution in [3.8, 4) is 0 Å². The van der Waals surface area contributed by atoms with Gasteiger partial charge in [-0.3, -0.25) is 0 Å². The Morgan fingerprint density at radius 3 is 2.40 bits per heavy atom. The second-order valence-corrected chi connectivity index (χ2v) is 7.41. The number of carbonyl (C=O) groups is 1. The first-order valence-corrected chi connectivity index (χ1v) is 9.16. The first-order valence-electron chi connectivity index (χ1n) is 7.96. The normalized spacial score (nSPS) is 19.9. The number of rotatable bonds is 1. The number of urea groups is 1. The number of carbonyl (C=O) groups excluding carboxylic acids is 1. The lowest BCUT2D eigenvalue weighted by atomic mass is 10.4. The number of hydrogen-bond donors (Lipinski definition) is 0. The second kappa shape index (κ2) is 7.55. The van der Waals surface area contributed by atoms with Gasteiger partial charge in [0, 0.05) is 39.3 Å². The van der Waals surface area contributed by atoms with Gasteiger partial charge < -0.3 is 19.4 Å². The molecule has 0 spiro atoms. The van der Waals surface area contributed by atoms with E-state index in [1.165, 1.54) is 0 Å². The Kier molecular flexibility index (Phi) is 5.59. The van der Waals surface area contributed by atoms with E-state index in [0.717, 1.165) is 11.3 Å². The molecule has 0 aliphatic carbocycles. The van der Waals surface area contributed by atoms with Crippen LogP contribution in [-0.2, 0) is 10.9 Å². The number of ether oxygens (including phenoxy) is 1. The highest BCUT2D eigenvalue weighted by molar-refractivity contribution is 7.19. The summed E-state index contributed by atoms with van der Waals surface area (Å²) in [6.07, 6.45) is -3.90. The number of thiazole rings is 1. The summed E-state index contributed by atoms with van der Waals surface area (Å²) in [6.45, 7) is 4.16. The number of nitrogens with zero attached hydrogens (tertiary/aromatic N) is 4. The van der Waals surface area contributed by atoms with Gasteiger partial charge in [-0.1, -0.05) is 22.9 Å². The highest BCUT2D eigenvalue weighted by atomic mass is 35.5. The zero-order chi connectivity index (χ0) is 18.0. The summed E-state index contributed by atoms with van der Waals surface area (Å²) >= 11 is 6.52. The van der Waals surface area contributed by atoms with Crippen molar-refractivity contribution in [3.05, 3.63) is 10.0 Å². The van der Waals surface area contributed by atoms with Crippen molar-refractivity contribution >= 4 is 34.1 Å². The molecule has 2 aliphatic heterocycles. The van der Waals surface area contributed by atoms with Crippen molar-refractivity contribution in [3.63, 3.8) is 0 Å². The third kappa shape index (κ3) is 4.29. The number of amides is 2. The second-order valence-electron chi connectivity index (χ2n) is 5.83. The van der Waals surface area contributed by atoms with E-state index in [2.05, 4.69) is 4.98 Å². The fourth-order valence-corrected chi connectivity index (χ4v) is 4.08. The largest absolute Gasteiger partial charge is 0.435 e. The molecule has 0 radical (unpaired) electrons. The number of morpholine rings is 1. The molecule has 2 fully saturated rings. The summed E-state index contributed by atoms with van der Waals surface area (Å²) in [7, 11) is 0. The SMILES string of the molecule is O=C(N1CCOCC1)N1CCCN(c2nc(C(F)(F)F)c(Cl)s2)CC1. The van der Waals surface area contributed by atoms with Gasteiger partial charge in [-0.15, -0.1) is 0 Å². The summed E-state index contributed by atoms with van der Waals surface area (Å²) in [5, 5.41) is 0.248. The van der Waals surface area contributed by atoms with Crippen LogP contribution in [0.25, 0.3) is 0 Å². The van der Waals surface area contributed by atoms with Gasteiger partial charge in [-0.2, -0.15) is 13.2 Å². The van der Waals surface area contributed by atoms with Gasteiger partial charge in [-0.25, -0.2) is 9.78 Å². The monoisotopic (exact) mass is 398 g/mol. The molecule has 0 saturated carbocycles. The number of aromatic nitrogens is 1. The van der Waals surface area contributed by atoms with Gasteiger partial charge in [0.25, 0.3) is 0 Å². The molecule has 11 heteroatoms. The standard InChI is InChI=1S/C14H18ClF3N4O2S/c15-11-10(14(16,17)18)19-12(25-11)20-2-1-3-21(5-4-20)13(23)22-6-8-24-9-7-22/h1-9H2. The Labute approximate surface area is 152 Å². The van der Waals surface area contributed by atoms with E-state index in [1.54, 1.807) is 14.7 Å². The molecule has 1 aromatic heterocycles. The Morgan fingerprint density at radius 1 is 1.08 bits per heavy atom. The summed E-state index contributed by atoms with van der Waals surface area (Å²) in [5.41, 5.74) is -1.04. The zero-order valence-electron chi connectivity index (χ0n) is 13.4. The van der Waals surface area contributed by atoms with Crippen LogP contribution in [0.1, 0.15) is 12.1 Å². The van der Waals surface area contributed by atoms with Crippen LogP contribution in [0.4, 0.5) is 23.1 Å². The van der Waals surface area contributed by atoms with Gasteiger partial charge >= 0.3 is 12.2 Å². The maximum Gasteiger partial charge on any atom is 0.435 e. The first-order chi connectivity index (χ1) is 11.9. The predicted molar refractivity (Wildman–Crippen MR) is 88.3 cm³/mol. The van der Waals surface area contributed by atoms with Crippen LogP contribution < -0.4 is 4.90 Å². The third-order valence-electron chi connectivity index (χ3n) is 4.16. The molecular weight excluding hydrogens is 381 g/mol. The summed E-state index contributed by atoms with van der Waals surface area (Å²) in [6, 6.07) is -0.0432. The van der Waals surface area contributed by atoms with E-state index < -0.39 is 11.9 Å². The molecule has 6 nitrogen and oxygen atoms in total. The molecule has 0 atom stereocenters. The van der Waals surface area contributed by atoms with E-state index in [4.69, 9.17) is 16.3 Å². The van der Waals surface area contributed by atoms with Crippen LogP contribution in [0.15, 0.2) is 0 Å². The lowest BCUT2D eigenvalue weighted by Gasteiger charge is -2.32. The van der Waals surface area contributed by atoms with Crippen molar-refractivity contribution in [2.24, 2.45) is 0 Å². The predicted octanol–water partition coefficient (Wildman–Crippen LogP) is 2.78. The maximum absolute atomic E-state index is 12.9. The van der Waals surface area contributed by atoms with Crippen LogP contribution in [0.2, 0.25) is 4.34 Å². The molecule has 0 aromatic carbocycles. The van der Waals surface area contributed by atoms with Crippen molar-refractivity contribution in [2.45, 2.75) is 12.6 Å². The highest BCUT2D eigenvalue weighted by Gasteiger charge is 2.38. The Bertz CT molecular complexity index is 622. The molecule has 2 amide bonds. The van der Waals surface area contributed by atoms with Gasteiger partial charge in [-0.05, 0) is 6.42 Å². The number of alkyl halides is 3. The summed E-state index contributed by atoms with van der Waals surface area (Å²) in [5.74, 6) is 0. The fraction of sp³-hybridized carbons (Fsp3) is 0.714. The van der Waals surface area contributed by atoms with Crippen LogP contribution in [-0.4, -0.2) is 73.3 Å². The third-order valence-corrected chi connectivity index (χ3v) is 5.48. The Morgan fingerprint density at radius 2 is 1.76 bits per heavy atom. The average Bonchev–Trinajstić information content (AvgIpc) is 2.82. The van der Waals surface area contributed by atoms with E-state index in [-0.39, 0.29) is 15.5 Å². The van der Waals surface area contributed by atoms with Gasteiger partial charge in [0.2, 0.25) is 0 Å². The zero-order valence-corrected chi connectivity index (χ0v) is 15.0. The minimum Gasteiger partial charge on any atom is -0.378 e. The molecule has 1 aromatic rings. The summed E-state index contributed by atoms with van der Waals surface area (Å²) in [4.78, 5) is 21.5. The molecule has 3 rings (SSSR count). The smallest absolute Gasteiger partial charge is 0.378 e. The average molecular weight is 399 g/mol. The minimum atomic E-state index is -4.56. The number of halogens is 4. The van der Waals surface area contributed by atoms with Crippen LogP contribution in [0.3, 0.4) is 0 Å². The lowest BCUT2D eigenvalue weighted by Crippen LogP contribution is -2.49. The Hall–Kier alpha value is -1.26. The number of hydrogen-bond acceptors (Lipinski definition) is 5. The van der Waals surface area contributed by atoms with E-state index in [1.807, 2.05) is 0 Å². The van der Waals surface area contributed by atoms with Crippen molar-refractivity contribution in [1.29, 1.82) is 0 Å². The molecule has 25 heavy (non-hydrogen) atoms. The number of anilines is 1. The highest BCUT2D eigenvalue weighted by Crippen LogP contribution is 2.40.